The molecule has 3 rings (SSSR count). The number of nitrogen functional groups attached to an aromatic ring is 1. The number of hydrogen-bond donors (Lipinski definition) is 1. The van der Waals surface area contributed by atoms with Gasteiger partial charge in [-0.3, -0.25) is 4.68 Å². The summed E-state index contributed by atoms with van der Waals surface area (Å²) in [6.45, 7) is 5.23. The van der Waals surface area contributed by atoms with Gasteiger partial charge < -0.3 is 5.73 Å². The van der Waals surface area contributed by atoms with E-state index in [-0.39, 0.29) is 11.2 Å². The van der Waals surface area contributed by atoms with Gasteiger partial charge in [0, 0.05) is 23.4 Å². The second-order valence-electron chi connectivity index (χ2n) is 5.59. The molecule has 0 spiro atoms. The highest BCUT2D eigenvalue weighted by Crippen LogP contribution is 2.37. The third-order valence-electron chi connectivity index (χ3n) is 3.34. The molecule has 0 amide bonds. The topological polar surface area (TPSA) is 56.7 Å². The Bertz CT molecular complexity index is 615. The number of fused-ring (bicyclic) bond motifs is 1. The Morgan fingerprint density at radius 3 is 2.89 bits per heavy atom. The molecule has 0 unspecified atom stereocenters. The maximum Gasteiger partial charge on any atom is 0.149 e. The zero-order chi connectivity index (χ0) is 12.9. The van der Waals surface area contributed by atoms with Crippen molar-refractivity contribution in [2.24, 2.45) is 5.41 Å². The molecule has 0 fully saturated rings. The number of aromatic nitrogens is 3. The van der Waals surface area contributed by atoms with E-state index in [0.29, 0.717) is 11.4 Å². The van der Waals surface area contributed by atoms with Crippen molar-refractivity contribution in [3.8, 4) is 11.1 Å². The zero-order valence-electron chi connectivity index (χ0n) is 10.4. The standard InChI is InChI=1S/C13H15FN4/c1-13(2)4-11-9(5-17-18(11)7-13)8-3-12(15)16-6-10(8)14/h3,5-6H,4,7H2,1-2H3,(H2,15,16). The summed E-state index contributed by atoms with van der Waals surface area (Å²) < 4.78 is 15.8. The summed E-state index contributed by atoms with van der Waals surface area (Å²) in [6.07, 6.45) is 3.77. The summed E-state index contributed by atoms with van der Waals surface area (Å²) in [5, 5.41) is 4.33. The van der Waals surface area contributed by atoms with E-state index < -0.39 is 0 Å². The Kier molecular flexibility index (Phi) is 2.20. The second-order valence-corrected chi connectivity index (χ2v) is 5.59. The lowest BCUT2D eigenvalue weighted by Crippen LogP contribution is -2.12. The van der Waals surface area contributed by atoms with Crippen LogP contribution in [0, 0.1) is 11.2 Å². The summed E-state index contributed by atoms with van der Waals surface area (Å²) in [4.78, 5) is 3.75. The van der Waals surface area contributed by atoms with Gasteiger partial charge in [-0.05, 0) is 17.9 Å². The first-order valence-electron chi connectivity index (χ1n) is 5.92. The van der Waals surface area contributed by atoms with Crippen LogP contribution in [-0.2, 0) is 13.0 Å². The molecule has 18 heavy (non-hydrogen) atoms. The Morgan fingerprint density at radius 2 is 2.11 bits per heavy atom. The Morgan fingerprint density at radius 1 is 1.33 bits per heavy atom. The average molecular weight is 246 g/mol. The average Bonchev–Trinajstić information content (AvgIpc) is 2.77. The van der Waals surface area contributed by atoms with Gasteiger partial charge >= 0.3 is 0 Å². The summed E-state index contributed by atoms with van der Waals surface area (Å²) >= 11 is 0. The minimum atomic E-state index is -0.357. The highest BCUT2D eigenvalue weighted by molar-refractivity contribution is 5.68. The smallest absolute Gasteiger partial charge is 0.149 e. The fourth-order valence-electron chi connectivity index (χ4n) is 2.53. The SMILES string of the molecule is CC1(C)Cc2c(-c3cc(N)ncc3F)cnn2C1. The van der Waals surface area contributed by atoms with E-state index in [1.807, 2.05) is 4.68 Å². The van der Waals surface area contributed by atoms with Crippen LogP contribution >= 0.6 is 0 Å². The lowest BCUT2D eigenvalue weighted by Gasteiger charge is -2.14. The highest BCUT2D eigenvalue weighted by atomic mass is 19.1. The normalized spacial score (nSPS) is 16.8. The zero-order valence-corrected chi connectivity index (χ0v) is 10.4. The minimum Gasteiger partial charge on any atom is -0.384 e. The molecule has 0 bridgehead atoms. The van der Waals surface area contributed by atoms with Crippen molar-refractivity contribution in [2.75, 3.05) is 5.73 Å². The molecule has 5 heteroatoms. The lowest BCUT2D eigenvalue weighted by molar-refractivity contribution is 0.347. The van der Waals surface area contributed by atoms with E-state index in [2.05, 4.69) is 23.9 Å². The molecule has 94 valence electrons. The molecular formula is C13H15FN4. The molecule has 4 nitrogen and oxygen atoms in total. The van der Waals surface area contributed by atoms with Crippen LogP contribution in [0.5, 0.6) is 0 Å². The molecule has 0 radical (unpaired) electrons. The van der Waals surface area contributed by atoms with E-state index in [4.69, 9.17) is 5.73 Å². The summed E-state index contributed by atoms with van der Waals surface area (Å²) in [6, 6.07) is 1.57. The van der Waals surface area contributed by atoms with Crippen LogP contribution in [-0.4, -0.2) is 14.8 Å². The monoisotopic (exact) mass is 246 g/mol. The fourth-order valence-corrected chi connectivity index (χ4v) is 2.53. The Labute approximate surface area is 105 Å². The summed E-state index contributed by atoms with van der Waals surface area (Å²) in [7, 11) is 0. The van der Waals surface area contributed by atoms with Crippen LogP contribution in [0.2, 0.25) is 0 Å². The van der Waals surface area contributed by atoms with Crippen molar-refractivity contribution in [3.05, 3.63) is 30.0 Å². The van der Waals surface area contributed by atoms with Gasteiger partial charge in [0.15, 0.2) is 0 Å². The molecule has 2 aromatic heterocycles. The van der Waals surface area contributed by atoms with Crippen molar-refractivity contribution in [3.63, 3.8) is 0 Å². The number of halogens is 1. The first kappa shape index (κ1) is 11.2. The number of anilines is 1. The fraction of sp³-hybridized carbons (Fsp3) is 0.385. The predicted octanol–water partition coefficient (Wildman–Crippen LogP) is 2.25. The third-order valence-corrected chi connectivity index (χ3v) is 3.34. The van der Waals surface area contributed by atoms with Crippen molar-refractivity contribution in [1.29, 1.82) is 0 Å². The number of pyridine rings is 1. The molecule has 1 aliphatic heterocycles. The largest absolute Gasteiger partial charge is 0.384 e. The molecule has 0 saturated carbocycles. The van der Waals surface area contributed by atoms with E-state index >= 15 is 0 Å². The number of nitrogens with zero attached hydrogens (tertiary/aromatic N) is 3. The number of rotatable bonds is 1. The third kappa shape index (κ3) is 1.66. The number of nitrogens with two attached hydrogens (primary N) is 1. The van der Waals surface area contributed by atoms with Crippen molar-refractivity contribution in [1.82, 2.24) is 14.8 Å². The summed E-state index contributed by atoms with van der Waals surface area (Å²) in [5.74, 6) is -0.0340. The van der Waals surface area contributed by atoms with Crippen LogP contribution < -0.4 is 5.73 Å². The molecule has 2 aromatic rings. The molecule has 1 aliphatic rings. The van der Waals surface area contributed by atoms with Gasteiger partial charge in [0.1, 0.15) is 11.6 Å². The minimum absolute atomic E-state index is 0.174. The van der Waals surface area contributed by atoms with Gasteiger partial charge in [0.25, 0.3) is 0 Å². The second kappa shape index (κ2) is 3.54. The molecule has 0 saturated heterocycles. The first-order valence-corrected chi connectivity index (χ1v) is 5.92. The van der Waals surface area contributed by atoms with Gasteiger partial charge in [0.2, 0.25) is 0 Å². The van der Waals surface area contributed by atoms with Crippen molar-refractivity contribution < 1.29 is 4.39 Å². The van der Waals surface area contributed by atoms with Gasteiger partial charge in [-0.1, -0.05) is 13.8 Å². The van der Waals surface area contributed by atoms with E-state index in [1.165, 1.54) is 0 Å². The Hall–Kier alpha value is -1.91. The predicted molar refractivity (Wildman–Crippen MR) is 67.3 cm³/mol. The van der Waals surface area contributed by atoms with Crippen molar-refractivity contribution >= 4 is 5.82 Å². The van der Waals surface area contributed by atoms with E-state index in [1.54, 1.807) is 12.3 Å². The number of hydrogen-bond acceptors (Lipinski definition) is 3. The molecule has 2 N–H and O–H groups in total. The van der Waals surface area contributed by atoms with Crippen LogP contribution in [0.3, 0.4) is 0 Å². The quantitative estimate of drug-likeness (QED) is 0.839. The van der Waals surface area contributed by atoms with E-state index in [0.717, 1.165) is 30.4 Å². The maximum atomic E-state index is 13.8. The molecule has 0 aromatic carbocycles. The molecule has 0 atom stereocenters. The molecule has 0 aliphatic carbocycles. The van der Waals surface area contributed by atoms with Gasteiger partial charge in [-0.25, -0.2) is 9.37 Å². The van der Waals surface area contributed by atoms with Gasteiger partial charge in [0.05, 0.1) is 12.4 Å². The van der Waals surface area contributed by atoms with Crippen LogP contribution in [0.25, 0.3) is 11.1 Å². The van der Waals surface area contributed by atoms with E-state index in [9.17, 15) is 4.39 Å². The molecule has 3 heterocycles. The van der Waals surface area contributed by atoms with Crippen LogP contribution in [0.15, 0.2) is 18.5 Å². The lowest BCUT2D eigenvalue weighted by atomic mass is 9.89. The maximum absolute atomic E-state index is 13.8. The summed E-state index contributed by atoms with van der Waals surface area (Å²) in [5.41, 5.74) is 8.19. The molecular weight excluding hydrogens is 231 g/mol. The van der Waals surface area contributed by atoms with Crippen LogP contribution in [0.4, 0.5) is 10.2 Å². The van der Waals surface area contributed by atoms with Crippen LogP contribution in [0.1, 0.15) is 19.5 Å². The Balaban J connectivity index is 2.13. The first-order chi connectivity index (χ1) is 8.46. The van der Waals surface area contributed by atoms with Gasteiger partial charge in [-0.2, -0.15) is 5.10 Å². The highest BCUT2D eigenvalue weighted by Gasteiger charge is 2.32. The van der Waals surface area contributed by atoms with Crippen molar-refractivity contribution in [2.45, 2.75) is 26.8 Å². The van der Waals surface area contributed by atoms with Gasteiger partial charge in [-0.15, -0.1) is 0 Å².